The Hall–Kier alpha value is -4.39. The first-order valence-electron chi connectivity index (χ1n) is 19.7. The highest BCUT2D eigenvalue weighted by molar-refractivity contribution is 7.09. The van der Waals surface area contributed by atoms with Gasteiger partial charge in [-0.2, -0.15) is 0 Å². The van der Waals surface area contributed by atoms with Crippen LogP contribution in [-0.4, -0.2) is 122 Å². The molecule has 316 valence electrons. The predicted octanol–water partition coefficient (Wildman–Crippen LogP) is 6.40. The number of para-hydroxylation sites is 1. The highest BCUT2D eigenvalue weighted by Gasteiger charge is 2.42. The molecule has 1 N–H and O–H groups in total. The fourth-order valence-corrected chi connectivity index (χ4v) is 7.88. The van der Waals surface area contributed by atoms with Gasteiger partial charge >= 0.3 is 5.97 Å². The largest absolute Gasteiger partial charge is 0.489 e. The molecule has 0 aliphatic carbocycles. The number of methoxy groups -OCH3 is 1. The van der Waals surface area contributed by atoms with Crippen molar-refractivity contribution in [2.45, 2.75) is 44.6 Å². The number of carboxylic acids is 1. The molecule has 3 aromatic heterocycles. The van der Waals surface area contributed by atoms with E-state index in [4.69, 9.17) is 54.5 Å². The van der Waals surface area contributed by atoms with Gasteiger partial charge < -0.3 is 47.6 Å². The molecule has 2 aliphatic heterocycles. The van der Waals surface area contributed by atoms with Crippen molar-refractivity contribution < 1.29 is 47.8 Å². The Balaban J connectivity index is 0.964. The quantitative estimate of drug-likeness (QED) is 0.0720. The van der Waals surface area contributed by atoms with Crippen LogP contribution in [0, 0.1) is 0 Å². The number of rotatable bonds is 23. The zero-order valence-electron chi connectivity index (χ0n) is 33.3. The SMILES string of the molecule is COCCOCCOCCOCCOCCOc1cc(C(=O)O)cc2c1nc(CN1CCC(c3cccc4c3O[C@@](C)(c3ccc(Cl)cn3)O4)CC1)n2Cc1cncs1. The molecule has 0 saturated carbocycles. The molecule has 0 radical (unpaired) electrons. The molecule has 1 saturated heterocycles. The number of ether oxygens (including phenoxy) is 8. The molecule has 15 nitrogen and oxygen atoms in total. The molecule has 5 heterocycles. The number of hydrogen-bond donors (Lipinski definition) is 1. The van der Waals surface area contributed by atoms with E-state index in [1.165, 1.54) is 6.07 Å². The lowest BCUT2D eigenvalue weighted by Gasteiger charge is -2.32. The van der Waals surface area contributed by atoms with Crippen molar-refractivity contribution in [2.75, 3.05) is 86.3 Å². The highest BCUT2D eigenvalue weighted by atomic mass is 35.5. The maximum absolute atomic E-state index is 12.3. The average Bonchev–Trinajstić information content (AvgIpc) is 3.98. The van der Waals surface area contributed by atoms with Crippen molar-refractivity contribution in [2.24, 2.45) is 0 Å². The number of pyridine rings is 1. The molecule has 2 aliphatic rings. The fourth-order valence-electron chi connectivity index (χ4n) is 7.18. The van der Waals surface area contributed by atoms with Crippen LogP contribution in [0.1, 0.15) is 58.0 Å². The number of halogens is 1. The molecule has 5 aromatic rings. The molecule has 17 heteroatoms. The third-order valence-corrected chi connectivity index (χ3v) is 11.2. The first-order chi connectivity index (χ1) is 28.8. The number of benzene rings is 2. The summed E-state index contributed by atoms with van der Waals surface area (Å²) in [6.07, 6.45) is 5.24. The Kier molecular flexibility index (Phi) is 15.0. The number of fused-ring (bicyclic) bond motifs is 2. The fraction of sp³-hybridized carbons (Fsp3) is 0.476. The molecular weight excluding hydrogens is 802 g/mol. The number of likely N-dealkylation sites (tertiary alicyclic amines) is 1. The van der Waals surface area contributed by atoms with Gasteiger partial charge in [0, 0.05) is 36.9 Å². The lowest BCUT2D eigenvalue weighted by molar-refractivity contribution is -0.0722. The zero-order chi connectivity index (χ0) is 41.0. The Bertz CT molecular complexity index is 2110. The first-order valence-corrected chi connectivity index (χ1v) is 21.0. The van der Waals surface area contributed by atoms with Crippen molar-refractivity contribution in [3.8, 4) is 17.2 Å². The molecule has 59 heavy (non-hydrogen) atoms. The summed E-state index contributed by atoms with van der Waals surface area (Å²) >= 11 is 7.64. The normalized spacial score (nSPS) is 16.9. The van der Waals surface area contributed by atoms with Crippen LogP contribution in [0.3, 0.4) is 0 Å². The summed E-state index contributed by atoms with van der Waals surface area (Å²) in [5.41, 5.74) is 4.97. The second-order valence-corrected chi connectivity index (χ2v) is 15.7. The minimum atomic E-state index is -1.05. The molecule has 2 aromatic carbocycles. The van der Waals surface area contributed by atoms with Gasteiger partial charge in [0.05, 0.1) is 94.2 Å². The van der Waals surface area contributed by atoms with Gasteiger partial charge in [0.25, 0.3) is 5.79 Å². The lowest BCUT2D eigenvalue weighted by Crippen LogP contribution is -2.34. The molecule has 1 atom stereocenters. The van der Waals surface area contributed by atoms with Gasteiger partial charge in [-0.05, 0) is 62.2 Å². The van der Waals surface area contributed by atoms with E-state index in [2.05, 4.69) is 25.5 Å². The minimum Gasteiger partial charge on any atom is -0.489 e. The van der Waals surface area contributed by atoms with E-state index in [1.54, 1.807) is 42.3 Å². The van der Waals surface area contributed by atoms with Crippen molar-refractivity contribution in [3.63, 3.8) is 0 Å². The molecule has 0 amide bonds. The summed E-state index contributed by atoms with van der Waals surface area (Å²) in [7, 11) is 1.64. The van der Waals surface area contributed by atoms with Crippen LogP contribution in [0.25, 0.3) is 11.0 Å². The number of aromatic carboxylic acids is 1. The smallest absolute Gasteiger partial charge is 0.335 e. The number of imidazole rings is 1. The average molecular weight is 852 g/mol. The van der Waals surface area contributed by atoms with Crippen LogP contribution in [0.4, 0.5) is 0 Å². The third kappa shape index (κ3) is 11.1. The molecule has 1 fully saturated rings. The van der Waals surface area contributed by atoms with Crippen LogP contribution in [-0.2, 0) is 42.6 Å². The highest BCUT2D eigenvalue weighted by Crippen LogP contribution is 2.49. The van der Waals surface area contributed by atoms with Crippen molar-refractivity contribution in [1.29, 1.82) is 0 Å². The Morgan fingerprint density at radius 2 is 1.63 bits per heavy atom. The van der Waals surface area contributed by atoms with E-state index in [9.17, 15) is 9.90 Å². The van der Waals surface area contributed by atoms with Gasteiger partial charge in [0.15, 0.2) is 11.5 Å². The van der Waals surface area contributed by atoms with Gasteiger partial charge in [-0.1, -0.05) is 23.7 Å². The van der Waals surface area contributed by atoms with E-state index in [-0.39, 0.29) is 18.1 Å². The van der Waals surface area contributed by atoms with Gasteiger partial charge in [0.2, 0.25) is 0 Å². The Morgan fingerprint density at radius 1 is 0.915 bits per heavy atom. The van der Waals surface area contributed by atoms with Crippen molar-refractivity contribution in [3.05, 3.63) is 92.9 Å². The van der Waals surface area contributed by atoms with E-state index >= 15 is 0 Å². The van der Waals surface area contributed by atoms with Crippen LogP contribution >= 0.6 is 22.9 Å². The number of aromatic nitrogens is 4. The van der Waals surface area contributed by atoms with Gasteiger partial charge in [-0.25, -0.2) is 9.78 Å². The maximum atomic E-state index is 12.3. The Morgan fingerprint density at radius 3 is 2.27 bits per heavy atom. The molecule has 7 rings (SSSR count). The van der Waals surface area contributed by atoms with Crippen LogP contribution < -0.4 is 14.2 Å². The third-order valence-electron chi connectivity index (χ3n) is 10.2. The standard InChI is InChI=1S/C42H50ClN5O10S/c1-42(37-7-6-31(43)24-45-37)57-35-5-3-4-33(40(35)58-42)29-8-10-47(11-9-29)27-38-46-39-34(48(38)26-32-25-44-28-59-32)22-30(41(49)50)23-36(39)56-21-20-55-19-18-54-17-16-53-15-14-52-13-12-51-2/h3-7,22-25,28-29H,8-21,26-27H2,1-2H3,(H,49,50)/t42-/m0/s1. The summed E-state index contributed by atoms with van der Waals surface area (Å²) in [4.78, 5) is 29.6. The van der Waals surface area contributed by atoms with E-state index in [0.717, 1.165) is 47.9 Å². The van der Waals surface area contributed by atoms with Crippen LogP contribution in [0.15, 0.2) is 60.4 Å². The number of piperidine rings is 1. The second kappa shape index (κ2) is 20.7. The van der Waals surface area contributed by atoms with Gasteiger partial charge in [-0.3, -0.25) is 14.9 Å². The number of nitrogens with zero attached hydrogens (tertiary/aromatic N) is 5. The summed E-state index contributed by atoms with van der Waals surface area (Å²) in [5, 5.41) is 10.6. The molecule has 0 bridgehead atoms. The Labute approximate surface area is 352 Å². The van der Waals surface area contributed by atoms with Crippen LogP contribution in [0.5, 0.6) is 17.2 Å². The van der Waals surface area contributed by atoms with Gasteiger partial charge in [0.1, 0.15) is 29.4 Å². The lowest BCUT2D eigenvalue weighted by atomic mass is 9.88. The topological polar surface area (TPSA) is 158 Å². The molecular formula is C42H50ClN5O10S. The monoisotopic (exact) mass is 851 g/mol. The van der Waals surface area contributed by atoms with E-state index in [1.807, 2.05) is 31.3 Å². The second-order valence-electron chi connectivity index (χ2n) is 14.3. The summed E-state index contributed by atoms with van der Waals surface area (Å²) in [6.45, 7) is 8.93. The van der Waals surface area contributed by atoms with Crippen molar-refractivity contribution in [1.82, 2.24) is 24.4 Å². The first kappa shape index (κ1) is 42.7. The summed E-state index contributed by atoms with van der Waals surface area (Å²) < 4.78 is 48.2. The maximum Gasteiger partial charge on any atom is 0.335 e. The summed E-state index contributed by atoms with van der Waals surface area (Å²) in [5.74, 6) is 0.843. The van der Waals surface area contributed by atoms with Crippen molar-refractivity contribution >= 4 is 39.9 Å². The molecule has 0 spiro atoms. The predicted molar refractivity (Wildman–Crippen MR) is 220 cm³/mol. The number of carbonyl (C=O) groups is 1. The van der Waals surface area contributed by atoms with Gasteiger partial charge in [-0.15, -0.1) is 11.3 Å². The van der Waals surface area contributed by atoms with E-state index < -0.39 is 11.8 Å². The van der Waals surface area contributed by atoms with Crippen LogP contribution in [0.2, 0.25) is 5.02 Å². The minimum absolute atomic E-state index is 0.118. The van der Waals surface area contributed by atoms with E-state index in [0.29, 0.717) is 106 Å². The number of carboxylic acid groups (broad SMARTS) is 1. The molecule has 0 unspecified atom stereocenters. The number of thiazole rings is 1. The zero-order valence-corrected chi connectivity index (χ0v) is 34.9. The number of hydrogen-bond acceptors (Lipinski definition) is 14. The summed E-state index contributed by atoms with van der Waals surface area (Å²) in [6, 6.07) is 12.9.